The molecule has 1 aliphatic rings. The predicted octanol–water partition coefficient (Wildman–Crippen LogP) is 2.04. The van der Waals surface area contributed by atoms with Gasteiger partial charge in [-0.2, -0.15) is 5.10 Å². The third-order valence-corrected chi connectivity index (χ3v) is 3.81. The Kier molecular flexibility index (Phi) is 4.78. The molecule has 4 nitrogen and oxygen atoms in total. The molecular weight excluding hydrogens is 224 g/mol. The summed E-state index contributed by atoms with van der Waals surface area (Å²) in [5, 5.41) is 7.92. The van der Waals surface area contributed by atoms with Crippen LogP contribution in [0.5, 0.6) is 0 Å². The molecule has 0 radical (unpaired) electrons. The Morgan fingerprint density at radius 2 is 2.28 bits per heavy atom. The van der Waals surface area contributed by atoms with Crippen LogP contribution in [0, 0.1) is 0 Å². The van der Waals surface area contributed by atoms with Gasteiger partial charge in [-0.15, -0.1) is 0 Å². The van der Waals surface area contributed by atoms with E-state index in [0.717, 1.165) is 13.1 Å². The zero-order chi connectivity index (χ0) is 13.0. The molecule has 1 aromatic rings. The Morgan fingerprint density at radius 1 is 1.44 bits per heavy atom. The van der Waals surface area contributed by atoms with E-state index in [9.17, 15) is 0 Å². The van der Waals surface area contributed by atoms with Crippen LogP contribution in [-0.2, 0) is 6.54 Å². The van der Waals surface area contributed by atoms with Crippen LogP contribution in [0.1, 0.15) is 44.7 Å². The molecular formula is C14H26N4. The second kappa shape index (κ2) is 6.34. The Labute approximate surface area is 110 Å². The third-order valence-electron chi connectivity index (χ3n) is 3.81. The monoisotopic (exact) mass is 250 g/mol. The van der Waals surface area contributed by atoms with E-state index in [1.165, 1.54) is 31.4 Å². The molecule has 102 valence electrons. The Balaban J connectivity index is 1.74. The number of hydrogen-bond donors (Lipinski definition) is 1. The fourth-order valence-corrected chi connectivity index (χ4v) is 2.54. The maximum atomic E-state index is 4.36. The van der Waals surface area contributed by atoms with Crippen LogP contribution in [0.4, 0.5) is 0 Å². The fraction of sp³-hybridized carbons (Fsp3) is 0.786. The number of nitrogens with one attached hydrogen (secondary N) is 1. The number of likely N-dealkylation sites (N-methyl/N-ethyl adjacent to an activating group) is 1. The zero-order valence-electron chi connectivity index (χ0n) is 11.9. The highest BCUT2D eigenvalue weighted by Gasteiger charge is 2.17. The van der Waals surface area contributed by atoms with Gasteiger partial charge >= 0.3 is 0 Å². The van der Waals surface area contributed by atoms with E-state index in [-0.39, 0.29) is 0 Å². The maximum absolute atomic E-state index is 4.36. The quantitative estimate of drug-likeness (QED) is 0.868. The molecule has 0 amide bonds. The number of likely N-dealkylation sites (tertiary alicyclic amines) is 1. The molecule has 0 bridgehead atoms. The molecule has 0 spiro atoms. The summed E-state index contributed by atoms with van der Waals surface area (Å²) < 4.78 is 2.02. The van der Waals surface area contributed by atoms with Gasteiger partial charge in [-0.25, -0.2) is 0 Å². The maximum Gasteiger partial charge on any atom is 0.0534 e. The molecule has 4 heteroatoms. The van der Waals surface area contributed by atoms with E-state index in [4.69, 9.17) is 0 Å². The molecule has 1 aromatic heterocycles. The number of nitrogens with zero attached hydrogens (tertiary/aromatic N) is 3. The summed E-state index contributed by atoms with van der Waals surface area (Å²) >= 11 is 0. The molecule has 0 aromatic carbocycles. The first-order valence-electron chi connectivity index (χ1n) is 7.11. The molecule has 1 saturated heterocycles. The smallest absolute Gasteiger partial charge is 0.0534 e. The second-order valence-corrected chi connectivity index (χ2v) is 5.68. The third kappa shape index (κ3) is 3.56. The lowest BCUT2D eigenvalue weighted by Crippen LogP contribution is -2.42. The van der Waals surface area contributed by atoms with Gasteiger partial charge in [0, 0.05) is 36.9 Å². The van der Waals surface area contributed by atoms with Crippen molar-refractivity contribution in [3.05, 3.63) is 18.0 Å². The van der Waals surface area contributed by atoms with E-state index in [1.807, 2.05) is 10.9 Å². The summed E-state index contributed by atoms with van der Waals surface area (Å²) in [4.78, 5) is 2.48. The number of aromatic nitrogens is 2. The second-order valence-electron chi connectivity index (χ2n) is 5.68. The molecule has 1 atom stereocenters. The Morgan fingerprint density at radius 3 is 2.94 bits per heavy atom. The van der Waals surface area contributed by atoms with Crippen molar-refractivity contribution < 1.29 is 0 Å². The number of piperidine rings is 1. The average molecular weight is 250 g/mol. The Hall–Kier alpha value is -0.870. The van der Waals surface area contributed by atoms with Crippen LogP contribution in [-0.4, -0.2) is 40.9 Å². The molecule has 1 unspecified atom stereocenters. The van der Waals surface area contributed by atoms with Gasteiger partial charge in [0.25, 0.3) is 0 Å². The molecule has 1 aliphatic heterocycles. The first kappa shape index (κ1) is 13.6. The van der Waals surface area contributed by atoms with E-state index in [2.05, 4.69) is 42.4 Å². The SMILES string of the molecule is CC(C)n1cc(CNCC2CCCCN2C)cn1. The van der Waals surface area contributed by atoms with Crippen LogP contribution >= 0.6 is 0 Å². The summed E-state index contributed by atoms with van der Waals surface area (Å²) in [6.07, 6.45) is 8.17. The fourth-order valence-electron chi connectivity index (χ4n) is 2.54. The average Bonchev–Trinajstić information content (AvgIpc) is 2.80. The van der Waals surface area contributed by atoms with Crippen molar-refractivity contribution in [2.45, 2.75) is 51.7 Å². The van der Waals surface area contributed by atoms with Crippen molar-refractivity contribution in [2.75, 3.05) is 20.1 Å². The van der Waals surface area contributed by atoms with Gasteiger partial charge in [0.05, 0.1) is 6.20 Å². The minimum absolute atomic E-state index is 0.447. The molecule has 2 heterocycles. The lowest BCUT2D eigenvalue weighted by atomic mass is 10.0. The summed E-state index contributed by atoms with van der Waals surface area (Å²) in [6.45, 7) is 7.57. The number of rotatable bonds is 5. The lowest BCUT2D eigenvalue weighted by molar-refractivity contribution is 0.181. The first-order chi connectivity index (χ1) is 8.66. The molecule has 2 rings (SSSR count). The van der Waals surface area contributed by atoms with Gasteiger partial charge in [0.15, 0.2) is 0 Å². The van der Waals surface area contributed by atoms with Gasteiger partial charge in [-0.1, -0.05) is 6.42 Å². The topological polar surface area (TPSA) is 33.1 Å². The molecule has 1 N–H and O–H groups in total. The standard InChI is InChI=1S/C14H26N4/c1-12(2)18-11-13(9-16-18)8-15-10-14-6-4-5-7-17(14)3/h9,11-12,14-15H,4-8,10H2,1-3H3. The van der Waals surface area contributed by atoms with E-state index >= 15 is 0 Å². The molecule has 1 fully saturated rings. The van der Waals surface area contributed by atoms with Crippen LogP contribution in [0.25, 0.3) is 0 Å². The van der Waals surface area contributed by atoms with Crippen LogP contribution in [0.2, 0.25) is 0 Å². The highest BCUT2D eigenvalue weighted by molar-refractivity contribution is 5.03. The zero-order valence-corrected chi connectivity index (χ0v) is 11.9. The van der Waals surface area contributed by atoms with Crippen molar-refractivity contribution in [1.82, 2.24) is 20.0 Å². The summed E-state index contributed by atoms with van der Waals surface area (Å²) in [5.74, 6) is 0. The van der Waals surface area contributed by atoms with Gasteiger partial charge in [0.1, 0.15) is 0 Å². The Bertz CT molecular complexity index is 358. The van der Waals surface area contributed by atoms with Crippen LogP contribution in [0.15, 0.2) is 12.4 Å². The van der Waals surface area contributed by atoms with Crippen LogP contribution < -0.4 is 5.32 Å². The van der Waals surface area contributed by atoms with Gasteiger partial charge in [-0.3, -0.25) is 4.68 Å². The van der Waals surface area contributed by atoms with Gasteiger partial charge in [0.2, 0.25) is 0 Å². The number of hydrogen-bond acceptors (Lipinski definition) is 3. The first-order valence-corrected chi connectivity index (χ1v) is 7.11. The minimum atomic E-state index is 0.447. The predicted molar refractivity (Wildman–Crippen MR) is 74.6 cm³/mol. The lowest BCUT2D eigenvalue weighted by Gasteiger charge is -2.32. The van der Waals surface area contributed by atoms with E-state index < -0.39 is 0 Å². The van der Waals surface area contributed by atoms with Crippen molar-refractivity contribution in [1.29, 1.82) is 0 Å². The largest absolute Gasteiger partial charge is 0.311 e. The van der Waals surface area contributed by atoms with Gasteiger partial charge < -0.3 is 10.2 Å². The van der Waals surface area contributed by atoms with Crippen LogP contribution in [0.3, 0.4) is 0 Å². The van der Waals surface area contributed by atoms with Gasteiger partial charge in [-0.05, 0) is 40.3 Å². The van der Waals surface area contributed by atoms with E-state index in [1.54, 1.807) is 0 Å². The van der Waals surface area contributed by atoms with Crippen molar-refractivity contribution >= 4 is 0 Å². The summed E-state index contributed by atoms with van der Waals surface area (Å²) in [5.41, 5.74) is 1.28. The van der Waals surface area contributed by atoms with Crippen molar-refractivity contribution in [3.8, 4) is 0 Å². The van der Waals surface area contributed by atoms with Crippen molar-refractivity contribution in [2.24, 2.45) is 0 Å². The summed E-state index contributed by atoms with van der Waals surface area (Å²) in [6, 6.07) is 1.15. The van der Waals surface area contributed by atoms with Crippen molar-refractivity contribution in [3.63, 3.8) is 0 Å². The highest BCUT2D eigenvalue weighted by Crippen LogP contribution is 2.14. The molecule has 0 aliphatic carbocycles. The molecule has 0 saturated carbocycles. The van der Waals surface area contributed by atoms with E-state index in [0.29, 0.717) is 12.1 Å². The molecule has 18 heavy (non-hydrogen) atoms. The summed E-state index contributed by atoms with van der Waals surface area (Å²) in [7, 11) is 2.24. The minimum Gasteiger partial charge on any atom is -0.311 e. The highest BCUT2D eigenvalue weighted by atomic mass is 15.3. The normalized spacial score (nSPS) is 21.7.